The van der Waals surface area contributed by atoms with Gasteiger partial charge in [0.2, 0.25) is 0 Å². The van der Waals surface area contributed by atoms with Crippen LogP contribution in [0.1, 0.15) is 87.0 Å². The minimum atomic E-state index is -2.47. The molecule has 0 bridgehead atoms. The predicted octanol–water partition coefficient (Wildman–Crippen LogP) is 5.96. The molecule has 0 aromatic heterocycles. The van der Waals surface area contributed by atoms with Crippen LogP contribution in [0, 0.1) is 0 Å². The molecule has 0 heterocycles. The number of carbonyl (C=O) groups is 1. The van der Waals surface area contributed by atoms with E-state index >= 15 is 0 Å². The van der Waals surface area contributed by atoms with Crippen molar-refractivity contribution in [2.45, 2.75) is 112 Å². The van der Waals surface area contributed by atoms with Crippen LogP contribution in [0.3, 0.4) is 0 Å². The van der Waals surface area contributed by atoms with Gasteiger partial charge in [-0.1, -0.05) is 0 Å². The van der Waals surface area contributed by atoms with Crippen molar-refractivity contribution in [1.82, 2.24) is 4.90 Å². The molecule has 5 heteroatoms. The number of carbonyl (C=O) groups excluding carboxylic acids is 1. The molecule has 0 saturated heterocycles. The van der Waals surface area contributed by atoms with Crippen molar-refractivity contribution in [3.63, 3.8) is 0 Å². The maximum absolute atomic E-state index is 12.9. The van der Waals surface area contributed by atoms with Crippen molar-refractivity contribution in [1.29, 1.82) is 0 Å². The average Bonchev–Trinajstić information content (AvgIpc) is 2.58. The molecule has 2 N–H and O–H groups in total. The summed E-state index contributed by atoms with van der Waals surface area (Å²) in [4.78, 5) is 14.9. The maximum atomic E-state index is 12.9. The van der Waals surface area contributed by atoms with E-state index in [0.29, 0.717) is 6.54 Å². The Bertz CT molecular complexity index is 361. The van der Waals surface area contributed by atoms with Crippen molar-refractivity contribution >= 4 is 24.5 Å². The topological polar surface area (TPSA) is 55.6 Å². The number of ether oxygens (including phenoxy) is 1. The number of nitrogens with zero attached hydrogens (tertiary/aromatic N) is 1. The Labute approximate surface area is 167 Å². The first-order chi connectivity index (χ1) is 12.1. The summed E-state index contributed by atoms with van der Waals surface area (Å²) in [5.74, 6) is 0. The average molecular weight is 477 g/mol. The monoisotopic (exact) mass is 478 g/mol. The molecule has 156 valence electrons. The Kier molecular flexibility index (Phi) is 13.3. The Morgan fingerprint density at radius 3 is 1.73 bits per heavy atom. The van der Waals surface area contributed by atoms with Crippen LogP contribution in [0.25, 0.3) is 0 Å². The molecule has 1 unspecified atom stereocenters. The van der Waals surface area contributed by atoms with E-state index in [0.717, 1.165) is 4.56 Å². The van der Waals surface area contributed by atoms with Crippen LogP contribution in [0.5, 0.6) is 0 Å². The first-order valence-corrected chi connectivity index (χ1v) is 18.9. The third-order valence-corrected chi connectivity index (χ3v) is 20.2. The van der Waals surface area contributed by atoms with Crippen molar-refractivity contribution in [3.8, 4) is 0 Å². The van der Waals surface area contributed by atoms with E-state index in [4.69, 9.17) is 10.5 Å². The zero-order valence-corrected chi connectivity index (χ0v) is 21.6. The Morgan fingerprint density at radius 1 is 1.00 bits per heavy atom. The number of amides is 1. The van der Waals surface area contributed by atoms with Crippen LogP contribution >= 0.6 is 0 Å². The Morgan fingerprint density at radius 2 is 1.42 bits per heavy atom. The molecule has 0 aliphatic carbocycles. The quantitative estimate of drug-likeness (QED) is 0.333. The summed E-state index contributed by atoms with van der Waals surface area (Å²) in [5, 5.41) is 0. The van der Waals surface area contributed by atoms with Gasteiger partial charge in [0.25, 0.3) is 0 Å². The third kappa shape index (κ3) is 10.4. The molecule has 0 aliphatic rings. The molecule has 0 radical (unpaired) electrons. The summed E-state index contributed by atoms with van der Waals surface area (Å²) >= 11 is -2.47. The second-order valence-corrected chi connectivity index (χ2v) is 22.7. The van der Waals surface area contributed by atoms with Gasteiger partial charge in [0, 0.05) is 0 Å². The van der Waals surface area contributed by atoms with Crippen molar-refractivity contribution in [2.75, 3.05) is 11.1 Å². The van der Waals surface area contributed by atoms with E-state index in [1.807, 2.05) is 25.7 Å². The fourth-order valence-electron chi connectivity index (χ4n) is 3.48. The van der Waals surface area contributed by atoms with E-state index in [2.05, 4.69) is 27.7 Å². The molecule has 0 aromatic rings. The third-order valence-electron chi connectivity index (χ3n) is 5.19. The number of rotatable bonds is 13. The van der Waals surface area contributed by atoms with Crippen LogP contribution in [0.2, 0.25) is 13.3 Å². The van der Waals surface area contributed by atoms with Gasteiger partial charge in [-0.3, -0.25) is 0 Å². The van der Waals surface area contributed by atoms with Crippen LogP contribution in [-0.2, 0) is 4.74 Å². The second kappa shape index (κ2) is 13.2. The zero-order chi connectivity index (χ0) is 20.2. The van der Waals surface area contributed by atoms with Gasteiger partial charge in [-0.05, 0) is 0 Å². The molecular formula is C21H46N2O2Sn. The zero-order valence-electron chi connectivity index (χ0n) is 18.7. The molecule has 26 heavy (non-hydrogen) atoms. The van der Waals surface area contributed by atoms with Gasteiger partial charge in [-0.15, -0.1) is 0 Å². The molecule has 0 aromatic carbocycles. The van der Waals surface area contributed by atoms with Crippen LogP contribution in [0.4, 0.5) is 4.79 Å². The molecule has 0 rings (SSSR count). The van der Waals surface area contributed by atoms with Gasteiger partial charge in [0.1, 0.15) is 0 Å². The Balaban J connectivity index is 5.56. The van der Waals surface area contributed by atoms with Gasteiger partial charge in [-0.25, -0.2) is 0 Å². The van der Waals surface area contributed by atoms with E-state index < -0.39 is 24.0 Å². The number of hydrogen-bond acceptors (Lipinski definition) is 3. The molecular weight excluding hydrogens is 431 g/mol. The first-order valence-electron chi connectivity index (χ1n) is 10.8. The summed E-state index contributed by atoms with van der Waals surface area (Å²) in [6.45, 7) is 15.2. The predicted molar refractivity (Wildman–Crippen MR) is 116 cm³/mol. The molecule has 0 spiro atoms. The minimum absolute atomic E-state index is 0.0470. The van der Waals surface area contributed by atoms with Gasteiger partial charge in [0.15, 0.2) is 0 Å². The summed E-state index contributed by atoms with van der Waals surface area (Å²) in [6, 6.07) is 0.0470. The van der Waals surface area contributed by atoms with Crippen LogP contribution in [0.15, 0.2) is 0 Å². The molecule has 1 atom stereocenters. The summed E-state index contributed by atoms with van der Waals surface area (Å²) in [6.07, 6.45) is 7.50. The van der Waals surface area contributed by atoms with Gasteiger partial charge < -0.3 is 0 Å². The van der Waals surface area contributed by atoms with Crippen molar-refractivity contribution in [2.24, 2.45) is 5.73 Å². The first kappa shape index (κ1) is 26.0. The summed E-state index contributed by atoms with van der Waals surface area (Å²) < 4.78 is 10.9. The van der Waals surface area contributed by atoms with E-state index in [1.54, 1.807) is 0 Å². The molecule has 4 nitrogen and oxygen atoms in total. The SMILES string of the molecule is CCC[CH2][Sn]([CH2]CCC)([CH2]CCC)[CH2]N(C(=O)OC(C)(C)C)C(C)CN. The number of hydrogen-bond donors (Lipinski definition) is 1. The van der Waals surface area contributed by atoms with E-state index in [9.17, 15) is 4.79 Å². The van der Waals surface area contributed by atoms with E-state index in [1.165, 1.54) is 51.8 Å². The Hall–Kier alpha value is 0.0287. The normalized spacial score (nSPS) is 13.5. The van der Waals surface area contributed by atoms with Crippen molar-refractivity contribution < 1.29 is 9.53 Å². The van der Waals surface area contributed by atoms with E-state index in [-0.39, 0.29) is 12.1 Å². The van der Waals surface area contributed by atoms with Crippen LogP contribution in [-0.4, -0.2) is 52.1 Å². The van der Waals surface area contributed by atoms with Gasteiger partial charge in [0.05, 0.1) is 0 Å². The fourth-order valence-corrected chi connectivity index (χ4v) is 19.7. The molecule has 0 fully saturated rings. The van der Waals surface area contributed by atoms with Crippen LogP contribution < -0.4 is 5.73 Å². The molecule has 1 amide bonds. The summed E-state index contributed by atoms with van der Waals surface area (Å²) in [7, 11) is 0. The molecule has 0 aliphatic heterocycles. The number of nitrogens with two attached hydrogens (primary N) is 1. The molecule has 0 saturated carbocycles. The van der Waals surface area contributed by atoms with Gasteiger partial charge in [-0.2, -0.15) is 0 Å². The summed E-state index contributed by atoms with van der Waals surface area (Å²) in [5.41, 5.74) is 5.51. The van der Waals surface area contributed by atoms with Crippen molar-refractivity contribution in [3.05, 3.63) is 0 Å². The van der Waals surface area contributed by atoms with Gasteiger partial charge >= 0.3 is 168 Å². The standard InChI is InChI=1S/C9H19N2O2.3C4H9.Sn/c1-7(6-10)11(5)8(12)13-9(2,3)4;3*1-3-4-2;/h7H,5-6,10H2,1-4H3;3*1,3-4H2,2H3;. The fraction of sp³-hybridized carbons (Fsp3) is 0.952. The second-order valence-electron chi connectivity index (χ2n) is 9.00. The number of unbranched alkanes of at least 4 members (excludes halogenated alkanes) is 3.